The number of benzene rings is 1. The first-order chi connectivity index (χ1) is 7.13. The SMILES string of the molecule is Cc1cc(Br)cc2c(N)c(C#N)cnc12. The number of nitrogens with zero attached hydrogens (tertiary/aromatic N) is 2. The molecule has 0 fully saturated rings. The Morgan fingerprint density at radius 3 is 2.87 bits per heavy atom. The van der Waals surface area contributed by atoms with Crippen molar-refractivity contribution in [3.63, 3.8) is 0 Å². The molecule has 15 heavy (non-hydrogen) atoms. The molecule has 0 saturated heterocycles. The van der Waals surface area contributed by atoms with Gasteiger partial charge in [-0.15, -0.1) is 0 Å². The van der Waals surface area contributed by atoms with E-state index in [0.717, 1.165) is 20.9 Å². The molecule has 74 valence electrons. The number of rotatable bonds is 0. The highest BCUT2D eigenvalue weighted by atomic mass is 79.9. The van der Waals surface area contributed by atoms with E-state index in [1.54, 1.807) is 0 Å². The summed E-state index contributed by atoms with van der Waals surface area (Å²) in [6.45, 7) is 1.96. The smallest absolute Gasteiger partial charge is 0.103 e. The molecule has 1 aromatic heterocycles. The van der Waals surface area contributed by atoms with Crippen LogP contribution in [-0.4, -0.2) is 4.98 Å². The molecule has 0 unspecified atom stereocenters. The van der Waals surface area contributed by atoms with Gasteiger partial charge in [0, 0.05) is 16.1 Å². The standard InChI is InChI=1S/C11H8BrN3/c1-6-2-8(12)3-9-10(14)7(4-13)5-15-11(6)9/h2-3,5H,1H3,(H2,14,15). The molecular formula is C11H8BrN3. The first kappa shape index (κ1) is 9.94. The second-order valence-corrected chi connectivity index (χ2v) is 4.23. The van der Waals surface area contributed by atoms with Crippen LogP contribution in [0.5, 0.6) is 0 Å². The van der Waals surface area contributed by atoms with Crippen LogP contribution < -0.4 is 5.73 Å². The Hall–Kier alpha value is -1.60. The average Bonchev–Trinajstić information content (AvgIpc) is 2.19. The van der Waals surface area contributed by atoms with E-state index in [1.807, 2.05) is 25.1 Å². The van der Waals surface area contributed by atoms with Crippen molar-refractivity contribution in [1.29, 1.82) is 5.26 Å². The van der Waals surface area contributed by atoms with Crippen LogP contribution in [0.3, 0.4) is 0 Å². The molecule has 0 spiro atoms. The predicted octanol–water partition coefficient (Wildman–Crippen LogP) is 2.76. The molecule has 0 aliphatic heterocycles. The molecule has 2 rings (SSSR count). The summed E-state index contributed by atoms with van der Waals surface area (Å²) < 4.78 is 0.941. The predicted molar refractivity (Wildman–Crippen MR) is 63.3 cm³/mol. The van der Waals surface area contributed by atoms with Crippen molar-refractivity contribution in [2.45, 2.75) is 6.92 Å². The lowest BCUT2D eigenvalue weighted by Crippen LogP contribution is -1.95. The number of hydrogen-bond acceptors (Lipinski definition) is 3. The van der Waals surface area contributed by atoms with Gasteiger partial charge in [-0.1, -0.05) is 15.9 Å². The number of nitriles is 1. The fourth-order valence-electron chi connectivity index (χ4n) is 1.55. The van der Waals surface area contributed by atoms with Gasteiger partial charge in [0.05, 0.1) is 16.8 Å². The lowest BCUT2D eigenvalue weighted by molar-refractivity contribution is 1.34. The van der Waals surface area contributed by atoms with E-state index in [1.165, 1.54) is 6.20 Å². The van der Waals surface area contributed by atoms with Gasteiger partial charge in [0.2, 0.25) is 0 Å². The molecule has 0 aliphatic carbocycles. The molecule has 0 atom stereocenters. The summed E-state index contributed by atoms with van der Waals surface area (Å²) in [7, 11) is 0. The van der Waals surface area contributed by atoms with Gasteiger partial charge in [0.25, 0.3) is 0 Å². The van der Waals surface area contributed by atoms with Crippen LogP contribution in [-0.2, 0) is 0 Å². The molecule has 3 nitrogen and oxygen atoms in total. The maximum absolute atomic E-state index is 8.83. The zero-order valence-corrected chi connectivity index (χ0v) is 9.67. The topological polar surface area (TPSA) is 62.7 Å². The summed E-state index contributed by atoms with van der Waals surface area (Å²) in [5.74, 6) is 0. The first-order valence-corrected chi connectivity index (χ1v) is 5.17. The van der Waals surface area contributed by atoms with Crippen LogP contribution in [0, 0.1) is 18.3 Å². The van der Waals surface area contributed by atoms with Gasteiger partial charge in [-0.3, -0.25) is 4.98 Å². The van der Waals surface area contributed by atoms with Gasteiger partial charge < -0.3 is 5.73 Å². The first-order valence-electron chi connectivity index (χ1n) is 4.38. The van der Waals surface area contributed by atoms with E-state index in [4.69, 9.17) is 11.0 Å². The van der Waals surface area contributed by atoms with Crippen LogP contribution in [0.1, 0.15) is 11.1 Å². The number of hydrogen-bond donors (Lipinski definition) is 1. The Morgan fingerprint density at radius 2 is 2.20 bits per heavy atom. The van der Waals surface area contributed by atoms with Crippen LogP contribution in [0.4, 0.5) is 5.69 Å². The molecule has 0 saturated carbocycles. The number of nitrogens with two attached hydrogens (primary N) is 1. The second kappa shape index (κ2) is 3.52. The van der Waals surface area contributed by atoms with E-state index in [9.17, 15) is 0 Å². The molecule has 2 N–H and O–H groups in total. The maximum atomic E-state index is 8.83. The van der Waals surface area contributed by atoms with Gasteiger partial charge in [-0.05, 0) is 24.6 Å². The zero-order valence-electron chi connectivity index (χ0n) is 8.08. The van der Waals surface area contributed by atoms with E-state index in [-0.39, 0.29) is 0 Å². The lowest BCUT2D eigenvalue weighted by Gasteiger charge is -2.06. The largest absolute Gasteiger partial charge is 0.397 e. The highest BCUT2D eigenvalue weighted by Gasteiger charge is 2.07. The van der Waals surface area contributed by atoms with Gasteiger partial charge in [-0.2, -0.15) is 5.26 Å². The Kier molecular flexibility index (Phi) is 2.33. The molecule has 4 heteroatoms. The van der Waals surface area contributed by atoms with Gasteiger partial charge in [0.1, 0.15) is 6.07 Å². The molecule has 2 aromatic rings. The van der Waals surface area contributed by atoms with Crippen LogP contribution in [0.15, 0.2) is 22.8 Å². The Bertz CT molecular complexity index is 584. The number of pyridine rings is 1. The molecule has 0 radical (unpaired) electrons. The van der Waals surface area contributed by atoms with Crippen molar-refractivity contribution in [1.82, 2.24) is 4.98 Å². The molecule has 1 heterocycles. The number of aryl methyl sites for hydroxylation is 1. The minimum absolute atomic E-state index is 0.417. The number of fused-ring (bicyclic) bond motifs is 1. The highest BCUT2D eigenvalue weighted by molar-refractivity contribution is 9.10. The summed E-state index contributed by atoms with van der Waals surface area (Å²) in [6.07, 6.45) is 1.51. The van der Waals surface area contributed by atoms with E-state index < -0.39 is 0 Å². The third kappa shape index (κ3) is 1.55. The monoisotopic (exact) mass is 261 g/mol. The van der Waals surface area contributed by atoms with E-state index in [0.29, 0.717) is 11.3 Å². The third-order valence-electron chi connectivity index (χ3n) is 2.29. The summed E-state index contributed by atoms with van der Waals surface area (Å²) in [6, 6.07) is 5.88. The molecule has 0 aliphatic rings. The minimum atomic E-state index is 0.417. The number of anilines is 1. The van der Waals surface area contributed by atoms with Gasteiger partial charge >= 0.3 is 0 Å². The van der Waals surface area contributed by atoms with Gasteiger partial charge in [0.15, 0.2) is 0 Å². The maximum Gasteiger partial charge on any atom is 0.103 e. The Labute approximate surface area is 95.7 Å². The highest BCUT2D eigenvalue weighted by Crippen LogP contribution is 2.28. The molecule has 0 bridgehead atoms. The van der Waals surface area contributed by atoms with E-state index in [2.05, 4.69) is 20.9 Å². The van der Waals surface area contributed by atoms with Gasteiger partial charge in [-0.25, -0.2) is 0 Å². The van der Waals surface area contributed by atoms with E-state index >= 15 is 0 Å². The van der Waals surface area contributed by atoms with Crippen molar-refractivity contribution in [3.8, 4) is 6.07 Å². The fraction of sp³-hybridized carbons (Fsp3) is 0.0909. The van der Waals surface area contributed by atoms with Crippen LogP contribution in [0.25, 0.3) is 10.9 Å². The van der Waals surface area contributed by atoms with Crippen LogP contribution in [0.2, 0.25) is 0 Å². The molecule has 1 aromatic carbocycles. The number of halogens is 1. The Balaban J connectivity index is 2.94. The number of aromatic nitrogens is 1. The summed E-state index contributed by atoms with van der Waals surface area (Å²) in [5, 5.41) is 9.66. The average molecular weight is 262 g/mol. The molecule has 0 amide bonds. The van der Waals surface area contributed by atoms with Crippen molar-refractivity contribution in [2.75, 3.05) is 5.73 Å². The normalized spacial score (nSPS) is 10.2. The quantitative estimate of drug-likeness (QED) is 0.793. The third-order valence-corrected chi connectivity index (χ3v) is 2.75. The zero-order chi connectivity index (χ0) is 11.0. The van der Waals surface area contributed by atoms with Crippen LogP contribution >= 0.6 is 15.9 Å². The van der Waals surface area contributed by atoms with Crippen molar-refractivity contribution >= 4 is 32.5 Å². The number of nitrogen functional groups attached to an aromatic ring is 1. The Morgan fingerprint density at radius 1 is 1.47 bits per heavy atom. The van der Waals surface area contributed by atoms with Crippen molar-refractivity contribution < 1.29 is 0 Å². The minimum Gasteiger partial charge on any atom is -0.397 e. The van der Waals surface area contributed by atoms with Crippen molar-refractivity contribution in [2.24, 2.45) is 0 Å². The fourth-order valence-corrected chi connectivity index (χ4v) is 2.12. The molecular weight excluding hydrogens is 254 g/mol. The summed E-state index contributed by atoms with van der Waals surface area (Å²) in [5.41, 5.74) is 8.67. The second-order valence-electron chi connectivity index (χ2n) is 3.32. The van der Waals surface area contributed by atoms with Crippen molar-refractivity contribution in [3.05, 3.63) is 33.9 Å². The summed E-state index contributed by atoms with van der Waals surface area (Å²) in [4.78, 5) is 4.23. The summed E-state index contributed by atoms with van der Waals surface area (Å²) >= 11 is 3.40. The lowest BCUT2D eigenvalue weighted by atomic mass is 10.1.